The summed E-state index contributed by atoms with van der Waals surface area (Å²) in [5.41, 5.74) is 11.1. The van der Waals surface area contributed by atoms with Crippen molar-refractivity contribution in [1.29, 1.82) is 0 Å². The molecule has 1 aliphatic rings. The molecule has 3 aromatic heterocycles. The summed E-state index contributed by atoms with van der Waals surface area (Å²) in [6, 6.07) is 9.58. The van der Waals surface area contributed by atoms with Crippen LogP contribution >= 0.6 is 0 Å². The third-order valence-electron chi connectivity index (χ3n) is 4.86. The molecule has 0 spiro atoms. The zero-order valence-electron chi connectivity index (χ0n) is 14.5. The number of aromatic nitrogens is 3. The van der Waals surface area contributed by atoms with Gasteiger partial charge in [-0.1, -0.05) is 24.3 Å². The van der Waals surface area contributed by atoms with E-state index in [-0.39, 0.29) is 5.88 Å². The van der Waals surface area contributed by atoms with Crippen LogP contribution in [-0.4, -0.2) is 26.8 Å². The summed E-state index contributed by atoms with van der Waals surface area (Å²) in [6.45, 7) is 0. The summed E-state index contributed by atoms with van der Waals surface area (Å²) >= 11 is 0. The van der Waals surface area contributed by atoms with Gasteiger partial charge in [-0.05, 0) is 18.2 Å². The van der Waals surface area contributed by atoms with Crippen molar-refractivity contribution in [3.63, 3.8) is 0 Å². The second-order valence-corrected chi connectivity index (χ2v) is 6.35. The molecular weight excluding hydrogens is 340 g/mol. The van der Waals surface area contributed by atoms with E-state index in [0.717, 1.165) is 27.7 Å². The summed E-state index contributed by atoms with van der Waals surface area (Å²) in [7, 11) is 1.59. The molecule has 4 aromatic rings. The van der Waals surface area contributed by atoms with Crippen LogP contribution in [0.2, 0.25) is 0 Å². The van der Waals surface area contributed by atoms with Gasteiger partial charge in [-0.25, -0.2) is 9.97 Å². The molecule has 6 nitrogen and oxygen atoms in total. The van der Waals surface area contributed by atoms with Crippen molar-refractivity contribution < 1.29 is 9.84 Å². The highest BCUT2D eigenvalue weighted by molar-refractivity contribution is 6.12. The third-order valence-corrected chi connectivity index (χ3v) is 4.86. The van der Waals surface area contributed by atoms with Gasteiger partial charge in [-0.2, -0.15) is 0 Å². The van der Waals surface area contributed by atoms with E-state index in [1.807, 2.05) is 48.6 Å². The highest BCUT2D eigenvalue weighted by atomic mass is 16.5. The first-order valence-electron chi connectivity index (χ1n) is 8.49. The Morgan fingerprint density at radius 2 is 2.04 bits per heavy atom. The van der Waals surface area contributed by atoms with Crippen molar-refractivity contribution in [2.45, 2.75) is 0 Å². The average Bonchev–Trinajstić information content (AvgIpc) is 2.97. The molecule has 0 radical (unpaired) electrons. The number of allylic oxidation sites excluding steroid dienone is 4. The van der Waals surface area contributed by atoms with Crippen LogP contribution in [0.15, 0.2) is 61.0 Å². The lowest BCUT2D eigenvalue weighted by Gasteiger charge is -2.10. The number of pyridine rings is 2. The molecule has 0 saturated heterocycles. The molecule has 132 valence electrons. The van der Waals surface area contributed by atoms with Gasteiger partial charge in [0.25, 0.3) is 0 Å². The number of rotatable bonds is 3. The fourth-order valence-corrected chi connectivity index (χ4v) is 3.40. The fourth-order valence-electron chi connectivity index (χ4n) is 3.40. The predicted molar refractivity (Wildman–Crippen MR) is 107 cm³/mol. The minimum Gasteiger partial charge on any atom is -0.494 e. The number of benzene rings is 1. The van der Waals surface area contributed by atoms with E-state index in [1.54, 1.807) is 24.1 Å². The second-order valence-electron chi connectivity index (χ2n) is 6.35. The van der Waals surface area contributed by atoms with Gasteiger partial charge in [0, 0.05) is 40.7 Å². The van der Waals surface area contributed by atoms with Crippen LogP contribution in [0.4, 0.5) is 5.69 Å². The standard InChI is InChI=1S/C21H16N4O2/c1-27-17-9-8-12(10-23-17)14-6-3-7-15-19(22)18-16(24-20(14)15)11-25(21(18)26)13-4-2-5-13/h2-11,26H,22H2,1H3. The molecule has 3 N–H and O–H groups in total. The van der Waals surface area contributed by atoms with E-state index in [0.29, 0.717) is 22.5 Å². The number of nitrogens with zero attached hydrogens (tertiary/aromatic N) is 3. The minimum absolute atomic E-state index is 0.101. The molecule has 27 heavy (non-hydrogen) atoms. The second kappa shape index (κ2) is 5.60. The van der Waals surface area contributed by atoms with Gasteiger partial charge >= 0.3 is 0 Å². The van der Waals surface area contributed by atoms with E-state index >= 15 is 0 Å². The Bertz CT molecular complexity index is 1270. The van der Waals surface area contributed by atoms with E-state index in [4.69, 9.17) is 15.5 Å². The first-order valence-corrected chi connectivity index (χ1v) is 8.49. The van der Waals surface area contributed by atoms with Gasteiger partial charge in [0.1, 0.15) is 0 Å². The number of anilines is 1. The van der Waals surface area contributed by atoms with Crippen molar-refractivity contribution >= 4 is 33.2 Å². The number of para-hydroxylation sites is 1. The number of ether oxygens (including phenoxy) is 1. The highest BCUT2D eigenvalue weighted by Gasteiger charge is 2.19. The summed E-state index contributed by atoms with van der Waals surface area (Å²) in [4.78, 5) is 9.09. The normalized spacial score (nSPS) is 13.0. The van der Waals surface area contributed by atoms with Crippen LogP contribution in [0, 0.1) is 0 Å². The Morgan fingerprint density at radius 3 is 2.70 bits per heavy atom. The monoisotopic (exact) mass is 356 g/mol. The number of nitrogens with two attached hydrogens (primary N) is 1. The molecule has 6 heteroatoms. The van der Waals surface area contributed by atoms with E-state index in [1.165, 1.54) is 0 Å². The zero-order valence-corrected chi connectivity index (χ0v) is 14.5. The quantitative estimate of drug-likeness (QED) is 0.580. The average molecular weight is 356 g/mol. The van der Waals surface area contributed by atoms with Crippen LogP contribution in [0.25, 0.3) is 38.6 Å². The third kappa shape index (κ3) is 2.20. The molecule has 0 aliphatic heterocycles. The Kier molecular flexibility index (Phi) is 3.21. The number of hydrogen-bond acceptors (Lipinski definition) is 5. The Labute approximate surface area is 154 Å². The van der Waals surface area contributed by atoms with Crippen LogP contribution in [-0.2, 0) is 0 Å². The van der Waals surface area contributed by atoms with Crippen molar-refractivity contribution in [1.82, 2.24) is 14.5 Å². The first kappa shape index (κ1) is 15.5. The van der Waals surface area contributed by atoms with Gasteiger partial charge < -0.3 is 15.6 Å². The highest BCUT2D eigenvalue weighted by Crippen LogP contribution is 2.40. The molecule has 0 bridgehead atoms. The maximum absolute atomic E-state index is 10.7. The molecule has 1 aliphatic carbocycles. The Balaban J connectivity index is 1.78. The van der Waals surface area contributed by atoms with Crippen molar-refractivity contribution in [3.8, 4) is 22.9 Å². The number of nitrogen functional groups attached to an aromatic ring is 1. The van der Waals surface area contributed by atoms with Gasteiger partial charge in [0.15, 0.2) is 0 Å². The first-order chi connectivity index (χ1) is 13.2. The molecular formula is C21H16N4O2. The molecule has 0 atom stereocenters. The zero-order chi connectivity index (χ0) is 18.5. The minimum atomic E-state index is 0.101. The van der Waals surface area contributed by atoms with Gasteiger partial charge in [0.05, 0.1) is 29.2 Å². The lowest BCUT2D eigenvalue weighted by atomic mass is 10.0. The molecule has 0 unspecified atom stereocenters. The fraction of sp³-hybridized carbons (Fsp3) is 0.0476. The molecule has 3 heterocycles. The molecule has 0 fully saturated rings. The maximum Gasteiger partial charge on any atom is 0.212 e. The van der Waals surface area contributed by atoms with Crippen LogP contribution in [0.5, 0.6) is 11.8 Å². The van der Waals surface area contributed by atoms with Crippen LogP contribution in [0.3, 0.4) is 0 Å². The number of hydrogen-bond donors (Lipinski definition) is 2. The topological polar surface area (TPSA) is 86.2 Å². The smallest absolute Gasteiger partial charge is 0.212 e. The molecule has 5 rings (SSSR count). The predicted octanol–water partition coefficient (Wildman–Crippen LogP) is 3.96. The van der Waals surface area contributed by atoms with Crippen LogP contribution in [0.1, 0.15) is 0 Å². The molecule has 1 aromatic carbocycles. The van der Waals surface area contributed by atoms with Crippen molar-refractivity contribution in [3.05, 3.63) is 61.0 Å². The van der Waals surface area contributed by atoms with Crippen LogP contribution < -0.4 is 10.5 Å². The summed E-state index contributed by atoms with van der Waals surface area (Å²) in [5, 5.41) is 12.0. The summed E-state index contributed by atoms with van der Waals surface area (Å²) < 4.78 is 6.83. The van der Waals surface area contributed by atoms with Gasteiger partial charge in [0.2, 0.25) is 11.8 Å². The SMILES string of the molecule is COc1ccc(-c2cccc3c(N)c4c(O)n(C5=CC=C5)cc4nc23)cn1. The summed E-state index contributed by atoms with van der Waals surface area (Å²) in [5.74, 6) is 0.654. The molecule has 0 saturated carbocycles. The largest absolute Gasteiger partial charge is 0.494 e. The van der Waals surface area contributed by atoms with Crippen molar-refractivity contribution in [2.24, 2.45) is 0 Å². The van der Waals surface area contributed by atoms with E-state index < -0.39 is 0 Å². The number of aromatic hydroxyl groups is 1. The number of fused-ring (bicyclic) bond motifs is 2. The molecule has 0 amide bonds. The lowest BCUT2D eigenvalue weighted by Crippen LogP contribution is -1.95. The van der Waals surface area contributed by atoms with E-state index in [9.17, 15) is 5.11 Å². The van der Waals surface area contributed by atoms with Gasteiger partial charge in [-0.15, -0.1) is 0 Å². The van der Waals surface area contributed by atoms with Gasteiger partial charge in [-0.3, -0.25) is 4.57 Å². The van der Waals surface area contributed by atoms with Crippen molar-refractivity contribution in [2.75, 3.05) is 12.8 Å². The lowest BCUT2D eigenvalue weighted by molar-refractivity contribution is 0.398. The van der Waals surface area contributed by atoms with E-state index in [2.05, 4.69) is 4.98 Å². The Hall–Kier alpha value is -3.80. The number of methoxy groups -OCH3 is 1. The maximum atomic E-state index is 10.7. The Morgan fingerprint density at radius 1 is 1.19 bits per heavy atom. The summed E-state index contributed by atoms with van der Waals surface area (Å²) in [6.07, 6.45) is 9.31.